The standard InChI is InChI=1S/C11H11N5O2/c1-15-6-9(5-14-15)8-2-10(13-7-12)4-11(3-8)16(17)18/h2-7H,1H3,(H2,12,13). The lowest BCUT2D eigenvalue weighted by molar-refractivity contribution is -0.384. The molecule has 0 amide bonds. The third-order valence-corrected chi connectivity index (χ3v) is 2.38. The monoisotopic (exact) mass is 245 g/mol. The molecule has 0 bridgehead atoms. The summed E-state index contributed by atoms with van der Waals surface area (Å²) >= 11 is 0. The predicted octanol–water partition coefficient (Wildman–Crippen LogP) is 1.61. The zero-order valence-electron chi connectivity index (χ0n) is 9.65. The number of nitro groups is 1. The SMILES string of the molecule is Cn1cc(-c2cc(N=CN)cc([N+](=O)[O-])c2)cn1. The van der Waals surface area contributed by atoms with Gasteiger partial charge in [-0.25, -0.2) is 4.99 Å². The fraction of sp³-hybridized carbons (Fsp3) is 0.0909. The van der Waals surface area contributed by atoms with Crippen LogP contribution in [0.15, 0.2) is 35.6 Å². The summed E-state index contributed by atoms with van der Waals surface area (Å²) in [5.41, 5.74) is 7.07. The third kappa shape index (κ3) is 2.34. The van der Waals surface area contributed by atoms with Crippen LogP contribution in [-0.2, 0) is 7.05 Å². The number of aromatic nitrogens is 2. The molecule has 2 aromatic rings. The van der Waals surface area contributed by atoms with E-state index in [9.17, 15) is 10.1 Å². The van der Waals surface area contributed by atoms with E-state index in [-0.39, 0.29) is 5.69 Å². The van der Waals surface area contributed by atoms with Crippen molar-refractivity contribution >= 4 is 17.7 Å². The Morgan fingerprint density at radius 3 is 2.78 bits per heavy atom. The van der Waals surface area contributed by atoms with Gasteiger partial charge >= 0.3 is 0 Å². The molecule has 2 rings (SSSR count). The number of aryl methyl sites for hydroxylation is 1. The van der Waals surface area contributed by atoms with Crippen LogP contribution in [-0.4, -0.2) is 21.0 Å². The molecule has 7 nitrogen and oxygen atoms in total. The van der Waals surface area contributed by atoms with Gasteiger partial charge in [-0.15, -0.1) is 0 Å². The number of nitro benzene ring substituents is 1. The first-order valence-corrected chi connectivity index (χ1v) is 5.13. The van der Waals surface area contributed by atoms with Crippen LogP contribution >= 0.6 is 0 Å². The van der Waals surface area contributed by atoms with Gasteiger partial charge in [0.1, 0.15) is 0 Å². The van der Waals surface area contributed by atoms with Crippen molar-refractivity contribution in [3.05, 3.63) is 40.7 Å². The van der Waals surface area contributed by atoms with Crippen molar-refractivity contribution in [1.82, 2.24) is 9.78 Å². The van der Waals surface area contributed by atoms with Crippen LogP contribution in [0.5, 0.6) is 0 Å². The van der Waals surface area contributed by atoms with Crippen molar-refractivity contribution < 1.29 is 4.92 Å². The Hall–Kier alpha value is -2.70. The molecule has 0 saturated carbocycles. The summed E-state index contributed by atoms with van der Waals surface area (Å²) in [5.74, 6) is 0. The summed E-state index contributed by atoms with van der Waals surface area (Å²) < 4.78 is 1.63. The number of hydrogen-bond donors (Lipinski definition) is 1. The molecule has 0 aliphatic carbocycles. The molecule has 92 valence electrons. The topological polar surface area (TPSA) is 99.3 Å². The Bertz CT molecular complexity index is 618. The van der Waals surface area contributed by atoms with Crippen LogP contribution in [0.3, 0.4) is 0 Å². The van der Waals surface area contributed by atoms with Gasteiger partial charge in [0, 0.05) is 30.9 Å². The van der Waals surface area contributed by atoms with Gasteiger partial charge in [-0.1, -0.05) is 0 Å². The van der Waals surface area contributed by atoms with Crippen LogP contribution in [0.4, 0.5) is 11.4 Å². The van der Waals surface area contributed by atoms with Gasteiger partial charge in [-0.05, 0) is 11.6 Å². The number of benzene rings is 1. The third-order valence-electron chi connectivity index (χ3n) is 2.38. The van der Waals surface area contributed by atoms with Crippen LogP contribution in [0.1, 0.15) is 0 Å². The molecule has 0 spiro atoms. The van der Waals surface area contributed by atoms with E-state index in [0.29, 0.717) is 11.3 Å². The van der Waals surface area contributed by atoms with Crippen molar-refractivity contribution in [1.29, 1.82) is 0 Å². The first-order chi connectivity index (χ1) is 8.60. The van der Waals surface area contributed by atoms with Crippen molar-refractivity contribution in [2.24, 2.45) is 17.8 Å². The van der Waals surface area contributed by atoms with Crippen LogP contribution in [0.25, 0.3) is 11.1 Å². The number of nitrogens with zero attached hydrogens (tertiary/aromatic N) is 4. The van der Waals surface area contributed by atoms with Gasteiger partial charge < -0.3 is 5.73 Å². The minimum Gasteiger partial charge on any atom is -0.390 e. The first kappa shape index (κ1) is 11.8. The highest BCUT2D eigenvalue weighted by Gasteiger charge is 2.11. The molecule has 0 fully saturated rings. The molecule has 0 unspecified atom stereocenters. The second kappa shape index (κ2) is 4.66. The number of rotatable bonds is 3. The van der Waals surface area contributed by atoms with Crippen molar-refractivity contribution in [3.63, 3.8) is 0 Å². The molecule has 0 aliphatic heterocycles. The van der Waals surface area contributed by atoms with Crippen LogP contribution < -0.4 is 5.73 Å². The van der Waals surface area contributed by atoms with E-state index in [4.69, 9.17) is 5.73 Å². The fourth-order valence-electron chi connectivity index (χ4n) is 1.60. The fourth-order valence-corrected chi connectivity index (χ4v) is 1.60. The minimum absolute atomic E-state index is 0.0306. The summed E-state index contributed by atoms with van der Waals surface area (Å²) in [7, 11) is 1.78. The second-order valence-electron chi connectivity index (χ2n) is 3.68. The van der Waals surface area contributed by atoms with Gasteiger partial charge in [0.15, 0.2) is 0 Å². The first-order valence-electron chi connectivity index (χ1n) is 5.13. The number of non-ortho nitro benzene ring substituents is 1. The molecule has 2 N–H and O–H groups in total. The summed E-state index contributed by atoms with van der Waals surface area (Å²) in [5, 5.41) is 14.9. The highest BCUT2D eigenvalue weighted by atomic mass is 16.6. The molecule has 1 aromatic carbocycles. The van der Waals surface area contributed by atoms with E-state index in [1.807, 2.05) is 0 Å². The lowest BCUT2D eigenvalue weighted by Gasteiger charge is -2.00. The van der Waals surface area contributed by atoms with Gasteiger partial charge in [-0.3, -0.25) is 14.8 Å². The number of hydrogen-bond acceptors (Lipinski definition) is 4. The summed E-state index contributed by atoms with van der Waals surface area (Å²) in [6.45, 7) is 0. The van der Waals surface area contributed by atoms with Crippen molar-refractivity contribution in [2.45, 2.75) is 0 Å². The molecule has 1 aromatic heterocycles. The highest BCUT2D eigenvalue weighted by molar-refractivity contribution is 5.71. The van der Waals surface area contributed by atoms with Gasteiger partial charge in [-0.2, -0.15) is 5.10 Å². The Balaban J connectivity index is 2.56. The predicted molar refractivity (Wildman–Crippen MR) is 67.6 cm³/mol. The molecular weight excluding hydrogens is 234 g/mol. The molecular formula is C11H11N5O2. The summed E-state index contributed by atoms with van der Waals surface area (Å²) in [4.78, 5) is 14.2. The average Bonchev–Trinajstić information content (AvgIpc) is 2.76. The van der Waals surface area contributed by atoms with E-state index < -0.39 is 4.92 Å². The summed E-state index contributed by atoms with van der Waals surface area (Å²) in [6.07, 6.45) is 4.51. The lowest BCUT2D eigenvalue weighted by Crippen LogP contribution is -1.90. The van der Waals surface area contributed by atoms with E-state index in [1.54, 1.807) is 30.2 Å². The molecule has 0 saturated heterocycles. The quantitative estimate of drug-likeness (QED) is 0.384. The highest BCUT2D eigenvalue weighted by Crippen LogP contribution is 2.29. The number of aliphatic imine (C=N–C) groups is 1. The Kier molecular flexibility index (Phi) is 3.05. The van der Waals surface area contributed by atoms with Crippen molar-refractivity contribution in [2.75, 3.05) is 0 Å². The number of nitrogens with two attached hydrogens (primary N) is 1. The minimum atomic E-state index is -0.463. The molecule has 1 heterocycles. The smallest absolute Gasteiger partial charge is 0.272 e. The van der Waals surface area contributed by atoms with E-state index in [1.165, 1.54) is 12.1 Å². The van der Waals surface area contributed by atoms with Gasteiger partial charge in [0.05, 0.1) is 23.1 Å². The lowest BCUT2D eigenvalue weighted by atomic mass is 10.1. The van der Waals surface area contributed by atoms with E-state index in [2.05, 4.69) is 10.1 Å². The Morgan fingerprint density at radius 2 is 2.22 bits per heavy atom. The normalized spacial score (nSPS) is 10.9. The van der Waals surface area contributed by atoms with Gasteiger partial charge in [0.2, 0.25) is 0 Å². The van der Waals surface area contributed by atoms with Crippen LogP contribution in [0, 0.1) is 10.1 Å². The zero-order valence-corrected chi connectivity index (χ0v) is 9.65. The van der Waals surface area contributed by atoms with Gasteiger partial charge in [0.25, 0.3) is 5.69 Å². The van der Waals surface area contributed by atoms with E-state index in [0.717, 1.165) is 11.9 Å². The Morgan fingerprint density at radius 1 is 1.44 bits per heavy atom. The van der Waals surface area contributed by atoms with E-state index >= 15 is 0 Å². The maximum atomic E-state index is 10.8. The molecule has 0 aliphatic rings. The molecule has 0 radical (unpaired) electrons. The largest absolute Gasteiger partial charge is 0.390 e. The average molecular weight is 245 g/mol. The van der Waals surface area contributed by atoms with Crippen molar-refractivity contribution in [3.8, 4) is 11.1 Å². The molecule has 0 atom stereocenters. The summed E-state index contributed by atoms with van der Waals surface area (Å²) in [6, 6.07) is 4.56. The second-order valence-corrected chi connectivity index (χ2v) is 3.68. The zero-order chi connectivity index (χ0) is 13.1. The Labute approximate surface area is 103 Å². The van der Waals surface area contributed by atoms with Crippen LogP contribution in [0.2, 0.25) is 0 Å². The molecule has 7 heteroatoms. The molecule has 18 heavy (non-hydrogen) atoms. The maximum Gasteiger partial charge on any atom is 0.272 e. The maximum absolute atomic E-state index is 10.8.